The van der Waals surface area contributed by atoms with Crippen molar-refractivity contribution >= 4 is 5.91 Å². The van der Waals surface area contributed by atoms with Crippen LogP contribution >= 0.6 is 0 Å². The number of rotatable bonds is 3. The van der Waals surface area contributed by atoms with Crippen LogP contribution in [0.3, 0.4) is 0 Å². The van der Waals surface area contributed by atoms with Crippen molar-refractivity contribution in [3.63, 3.8) is 0 Å². The van der Waals surface area contributed by atoms with Crippen molar-refractivity contribution in [3.8, 4) is 11.8 Å². The summed E-state index contributed by atoms with van der Waals surface area (Å²) < 4.78 is 5.13. The summed E-state index contributed by atoms with van der Waals surface area (Å²) in [6.07, 6.45) is 3.97. The molecule has 0 saturated heterocycles. The third kappa shape index (κ3) is 3.88. The molecule has 0 N–H and O–H groups in total. The van der Waals surface area contributed by atoms with Crippen LogP contribution in [0.25, 0.3) is 0 Å². The van der Waals surface area contributed by atoms with Gasteiger partial charge in [0.05, 0.1) is 25.0 Å². The van der Waals surface area contributed by atoms with Crippen molar-refractivity contribution in [2.24, 2.45) is 0 Å². The first-order chi connectivity index (χ1) is 13.2. The largest absolute Gasteiger partial charge is 0.439 e. The molecule has 27 heavy (non-hydrogen) atoms. The normalized spacial score (nSPS) is 17.6. The van der Waals surface area contributed by atoms with E-state index in [4.69, 9.17) is 4.42 Å². The van der Waals surface area contributed by atoms with Crippen molar-refractivity contribution < 1.29 is 9.21 Å². The fourth-order valence-corrected chi connectivity index (χ4v) is 3.59. The zero-order valence-electron chi connectivity index (χ0n) is 15.4. The second-order valence-corrected chi connectivity index (χ2v) is 6.85. The van der Waals surface area contributed by atoms with Gasteiger partial charge >= 0.3 is 0 Å². The summed E-state index contributed by atoms with van der Waals surface area (Å²) >= 11 is 0. The van der Waals surface area contributed by atoms with Gasteiger partial charge in [-0.15, -0.1) is 0 Å². The number of nitrogens with zero attached hydrogens (tertiary/aromatic N) is 4. The minimum Gasteiger partial charge on any atom is -0.439 e. The molecule has 0 saturated carbocycles. The Morgan fingerprint density at radius 2 is 2.11 bits per heavy atom. The third-order valence-electron chi connectivity index (χ3n) is 4.93. The predicted molar refractivity (Wildman–Crippen MR) is 101 cm³/mol. The van der Waals surface area contributed by atoms with Crippen LogP contribution in [0.5, 0.6) is 0 Å². The monoisotopic (exact) mass is 362 g/mol. The maximum atomic E-state index is 13.1. The SMILES string of the molecule is CN1CN(Cc2ccccc2)C(=O)C2=C1CCN(CC#Cc1ncco1)C2. The van der Waals surface area contributed by atoms with Gasteiger partial charge in [-0.05, 0) is 11.5 Å². The zero-order valence-corrected chi connectivity index (χ0v) is 15.4. The molecule has 0 radical (unpaired) electrons. The van der Waals surface area contributed by atoms with Crippen molar-refractivity contribution in [3.05, 3.63) is 65.5 Å². The highest BCUT2D eigenvalue weighted by molar-refractivity contribution is 5.95. The molecule has 1 aromatic heterocycles. The van der Waals surface area contributed by atoms with Gasteiger partial charge in [-0.2, -0.15) is 0 Å². The van der Waals surface area contributed by atoms with Crippen LogP contribution < -0.4 is 0 Å². The fraction of sp³-hybridized carbons (Fsp3) is 0.333. The van der Waals surface area contributed by atoms with Gasteiger partial charge in [-0.25, -0.2) is 4.98 Å². The van der Waals surface area contributed by atoms with E-state index in [1.54, 1.807) is 6.20 Å². The van der Waals surface area contributed by atoms with Crippen molar-refractivity contribution in [2.75, 3.05) is 33.4 Å². The first-order valence-corrected chi connectivity index (χ1v) is 9.08. The number of hydrogen-bond donors (Lipinski definition) is 0. The van der Waals surface area contributed by atoms with Gasteiger partial charge in [0.25, 0.3) is 11.8 Å². The van der Waals surface area contributed by atoms with Crippen LogP contribution in [0.4, 0.5) is 0 Å². The van der Waals surface area contributed by atoms with E-state index in [2.05, 4.69) is 45.8 Å². The standard InChI is InChI=1S/C21H22N4O2/c1-23-16-25(14-17-6-3-2-4-7-17)21(26)18-15-24(12-9-19(18)23)11-5-8-20-22-10-13-27-20/h2-4,6-7,10,13H,9,11-12,14-16H2,1H3. The Labute approximate surface area is 159 Å². The van der Waals surface area contributed by atoms with Crippen molar-refractivity contribution in [2.45, 2.75) is 13.0 Å². The van der Waals surface area contributed by atoms with Gasteiger partial charge in [0, 0.05) is 38.8 Å². The van der Waals surface area contributed by atoms with E-state index in [9.17, 15) is 4.79 Å². The van der Waals surface area contributed by atoms with E-state index < -0.39 is 0 Å². The van der Waals surface area contributed by atoms with E-state index in [-0.39, 0.29) is 5.91 Å². The molecule has 0 atom stereocenters. The Balaban J connectivity index is 1.45. The smallest absolute Gasteiger partial charge is 0.273 e. The minimum absolute atomic E-state index is 0.136. The molecule has 0 bridgehead atoms. The Hall–Kier alpha value is -3.04. The van der Waals surface area contributed by atoms with Gasteiger partial charge in [-0.3, -0.25) is 9.69 Å². The van der Waals surface area contributed by atoms with Gasteiger partial charge < -0.3 is 14.2 Å². The zero-order chi connectivity index (χ0) is 18.6. The van der Waals surface area contributed by atoms with E-state index in [0.29, 0.717) is 32.2 Å². The number of hydrogen-bond acceptors (Lipinski definition) is 5. The third-order valence-corrected chi connectivity index (χ3v) is 4.93. The number of aromatic nitrogens is 1. The average molecular weight is 362 g/mol. The van der Waals surface area contributed by atoms with Crippen molar-refractivity contribution in [1.82, 2.24) is 19.7 Å². The number of amides is 1. The van der Waals surface area contributed by atoms with E-state index in [1.807, 2.05) is 23.1 Å². The van der Waals surface area contributed by atoms with E-state index in [1.165, 1.54) is 12.0 Å². The Bertz CT molecular complexity index is 893. The Morgan fingerprint density at radius 3 is 2.89 bits per heavy atom. The summed E-state index contributed by atoms with van der Waals surface area (Å²) in [6, 6.07) is 10.1. The van der Waals surface area contributed by atoms with Gasteiger partial charge in [0.2, 0.25) is 0 Å². The molecule has 1 aromatic carbocycles. The highest BCUT2D eigenvalue weighted by Gasteiger charge is 2.33. The molecular formula is C21H22N4O2. The van der Waals surface area contributed by atoms with Crippen LogP contribution in [0.15, 0.2) is 58.5 Å². The Kier molecular flexibility index (Phi) is 4.95. The van der Waals surface area contributed by atoms with Crippen LogP contribution in [-0.4, -0.2) is 58.9 Å². The predicted octanol–water partition coefficient (Wildman–Crippen LogP) is 1.92. The average Bonchev–Trinajstić information content (AvgIpc) is 3.20. The van der Waals surface area contributed by atoms with Gasteiger partial charge in [0.15, 0.2) is 0 Å². The first kappa shape index (κ1) is 17.4. The summed E-state index contributed by atoms with van der Waals surface area (Å²) in [6.45, 7) is 3.38. The fourth-order valence-electron chi connectivity index (χ4n) is 3.59. The van der Waals surface area contributed by atoms with Crippen LogP contribution in [-0.2, 0) is 11.3 Å². The molecule has 0 spiro atoms. The highest BCUT2D eigenvalue weighted by atomic mass is 16.3. The second-order valence-electron chi connectivity index (χ2n) is 6.85. The number of oxazole rings is 1. The number of carbonyl (C=O) groups excluding carboxylic acids is 1. The van der Waals surface area contributed by atoms with Crippen LogP contribution in [0, 0.1) is 11.8 Å². The van der Waals surface area contributed by atoms with Crippen molar-refractivity contribution in [1.29, 1.82) is 0 Å². The minimum atomic E-state index is 0.136. The summed E-state index contributed by atoms with van der Waals surface area (Å²) in [7, 11) is 2.07. The summed E-state index contributed by atoms with van der Waals surface area (Å²) in [4.78, 5) is 23.4. The summed E-state index contributed by atoms with van der Waals surface area (Å²) in [5.41, 5.74) is 3.21. The van der Waals surface area contributed by atoms with Crippen LogP contribution in [0.2, 0.25) is 0 Å². The maximum Gasteiger partial charge on any atom is 0.273 e. The number of carbonyl (C=O) groups is 1. The second kappa shape index (κ2) is 7.68. The lowest BCUT2D eigenvalue weighted by Crippen LogP contribution is -2.50. The van der Waals surface area contributed by atoms with Gasteiger partial charge in [0.1, 0.15) is 6.26 Å². The van der Waals surface area contributed by atoms with Crippen LogP contribution in [0.1, 0.15) is 17.9 Å². The number of benzene rings is 1. The molecule has 4 rings (SSSR count). The molecule has 2 aliphatic heterocycles. The van der Waals surface area contributed by atoms with E-state index >= 15 is 0 Å². The molecule has 0 unspecified atom stereocenters. The molecule has 2 aliphatic rings. The molecule has 6 nitrogen and oxygen atoms in total. The first-order valence-electron chi connectivity index (χ1n) is 9.08. The summed E-state index contributed by atoms with van der Waals surface area (Å²) in [5, 5.41) is 0. The van der Waals surface area contributed by atoms with E-state index in [0.717, 1.165) is 24.1 Å². The molecular weight excluding hydrogens is 340 g/mol. The lowest BCUT2D eigenvalue weighted by atomic mass is 10.0. The molecule has 6 heteroatoms. The molecule has 138 valence electrons. The topological polar surface area (TPSA) is 52.8 Å². The molecule has 3 heterocycles. The molecule has 0 aliphatic carbocycles. The molecule has 2 aromatic rings. The molecule has 0 fully saturated rings. The highest BCUT2D eigenvalue weighted by Crippen LogP contribution is 2.27. The lowest BCUT2D eigenvalue weighted by Gasteiger charge is -2.42. The lowest BCUT2D eigenvalue weighted by molar-refractivity contribution is -0.131. The Morgan fingerprint density at radius 1 is 1.26 bits per heavy atom. The van der Waals surface area contributed by atoms with Gasteiger partial charge in [-0.1, -0.05) is 36.3 Å². The molecule has 1 amide bonds. The quantitative estimate of drug-likeness (QED) is 0.781. The summed E-state index contributed by atoms with van der Waals surface area (Å²) in [5.74, 6) is 6.56. The maximum absolute atomic E-state index is 13.1.